The number of sulfonamides is 1. The van der Waals surface area contributed by atoms with Crippen LogP contribution in [0.25, 0.3) is 6.08 Å². The van der Waals surface area contributed by atoms with Crippen LogP contribution >= 0.6 is 0 Å². The maximum atomic E-state index is 12.6. The van der Waals surface area contributed by atoms with Crippen molar-refractivity contribution in [2.45, 2.75) is 25.4 Å². The fraction of sp³-hybridized carbons (Fsp3) is 0.235. The predicted octanol–water partition coefficient (Wildman–Crippen LogP) is 3.05. The molecule has 2 aromatic rings. The van der Waals surface area contributed by atoms with Gasteiger partial charge in [-0.15, -0.1) is 0 Å². The Hall–Kier alpha value is -1.98. The largest absolute Gasteiger partial charge is 0.265 e. The molecule has 4 nitrogen and oxygen atoms in total. The van der Waals surface area contributed by atoms with E-state index >= 15 is 0 Å². The van der Waals surface area contributed by atoms with E-state index < -0.39 is 10.0 Å². The van der Waals surface area contributed by atoms with Crippen molar-refractivity contribution in [2.75, 3.05) is 0 Å². The second kappa shape index (κ2) is 6.42. The Kier molecular flexibility index (Phi) is 4.36. The fourth-order valence-electron chi connectivity index (χ4n) is 2.26. The third-order valence-electron chi connectivity index (χ3n) is 3.60. The van der Waals surface area contributed by atoms with E-state index in [0.29, 0.717) is 6.54 Å². The zero-order valence-corrected chi connectivity index (χ0v) is 13.0. The molecule has 0 atom stereocenters. The lowest BCUT2D eigenvalue weighted by molar-refractivity contribution is 0.405. The summed E-state index contributed by atoms with van der Waals surface area (Å²) >= 11 is 0. The first-order chi connectivity index (χ1) is 10.6. The van der Waals surface area contributed by atoms with Crippen molar-refractivity contribution in [2.24, 2.45) is 0 Å². The van der Waals surface area contributed by atoms with Crippen LogP contribution < -0.4 is 0 Å². The highest BCUT2D eigenvalue weighted by atomic mass is 32.2. The molecule has 1 aliphatic rings. The fourth-order valence-corrected chi connectivity index (χ4v) is 3.71. The topological polar surface area (TPSA) is 50.3 Å². The predicted molar refractivity (Wildman–Crippen MR) is 87.2 cm³/mol. The molecule has 1 fully saturated rings. The van der Waals surface area contributed by atoms with Gasteiger partial charge in [0.15, 0.2) is 0 Å². The minimum atomic E-state index is -3.42. The molecule has 0 aliphatic heterocycles. The molecule has 0 amide bonds. The van der Waals surface area contributed by atoms with Crippen LogP contribution in [0.15, 0.2) is 60.3 Å². The van der Waals surface area contributed by atoms with Crippen LogP contribution in [0.4, 0.5) is 0 Å². The average molecular weight is 314 g/mol. The van der Waals surface area contributed by atoms with Crippen LogP contribution in [-0.4, -0.2) is 23.7 Å². The molecule has 0 saturated heterocycles. The minimum absolute atomic E-state index is 0.124. The molecule has 0 bridgehead atoms. The minimum Gasteiger partial charge on any atom is -0.265 e. The van der Waals surface area contributed by atoms with E-state index in [4.69, 9.17) is 0 Å². The van der Waals surface area contributed by atoms with Crippen molar-refractivity contribution in [3.63, 3.8) is 0 Å². The van der Waals surface area contributed by atoms with Gasteiger partial charge >= 0.3 is 0 Å². The van der Waals surface area contributed by atoms with Gasteiger partial charge in [0.2, 0.25) is 10.0 Å². The van der Waals surface area contributed by atoms with Gasteiger partial charge in [0, 0.05) is 30.4 Å². The Balaban J connectivity index is 1.80. The molecular formula is C17H18N2O2S. The summed E-state index contributed by atoms with van der Waals surface area (Å²) in [4.78, 5) is 3.97. The van der Waals surface area contributed by atoms with E-state index in [1.54, 1.807) is 22.8 Å². The Bertz CT molecular complexity index is 739. The van der Waals surface area contributed by atoms with E-state index in [0.717, 1.165) is 24.0 Å². The number of hydrogen-bond acceptors (Lipinski definition) is 3. The van der Waals surface area contributed by atoms with Gasteiger partial charge in [-0.1, -0.05) is 30.3 Å². The molecule has 0 spiro atoms. The molecule has 0 radical (unpaired) electrons. The highest BCUT2D eigenvalue weighted by molar-refractivity contribution is 7.92. The number of benzene rings is 1. The summed E-state index contributed by atoms with van der Waals surface area (Å²) < 4.78 is 26.8. The highest BCUT2D eigenvalue weighted by Crippen LogP contribution is 2.31. The molecule has 22 heavy (non-hydrogen) atoms. The summed E-state index contributed by atoms with van der Waals surface area (Å²) in [6.45, 7) is 0.397. The zero-order valence-electron chi connectivity index (χ0n) is 12.2. The second-order valence-corrected chi connectivity index (χ2v) is 7.16. The monoisotopic (exact) mass is 314 g/mol. The zero-order chi connectivity index (χ0) is 15.4. The van der Waals surface area contributed by atoms with E-state index in [2.05, 4.69) is 4.98 Å². The van der Waals surface area contributed by atoms with Crippen LogP contribution in [0.2, 0.25) is 0 Å². The Labute approximate surface area is 131 Å². The van der Waals surface area contributed by atoms with Crippen LogP contribution in [0.3, 0.4) is 0 Å². The van der Waals surface area contributed by atoms with Crippen molar-refractivity contribution in [3.05, 3.63) is 71.4 Å². The Morgan fingerprint density at radius 1 is 1.09 bits per heavy atom. The van der Waals surface area contributed by atoms with Crippen molar-refractivity contribution in [1.29, 1.82) is 0 Å². The number of nitrogens with zero attached hydrogens (tertiary/aromatic N) is 2. The Morgan fingerprint density at radius 3 is 2.41 bits per heavy atom. The molecule has 5 heteroatoms. The van der Waals surface area contributed by atoms with E-state index in [1.165, 1.54) is 5.41 Å². The first-order valence-electron chi connectivity index (χ1n) is 7.29. The van der Waals surface area contributed by atoms with E-state index in [9.17, 15) is 8.42 Å². The average Bonchev–Trinajstić information content (AvgIpc) is 3.37. The van der Waals surface area contributed by atoms with Crippen LogP contribution in [0, 0.1) is 0 Å². The van der Waals surface area contributed by atoms with Gasteiger partial charge in [-0.3, -0.25) is 4.98 Å². The second-order valence-electron chi connectivity index (χ2n) is 5.39. The van der Waals surface area contributed by atoms with Gasteiger partial charge in [-0.25, -0.2) is 8.42 Å². The maximum Gasteiger partial charge on any atom is 0.236 e. The summed E-state index contributed by atoms with van der Waals surface area (Å²) in [5.41, 5.74) is 1.84. The highest BCUT2D eigenvalue weighted by Gasteiger charge is 2.35. The number of aromatic nitrogens is 1. The lowest BCUT2D eigenvalue weighted by Gasteiger charge is -2.19. The summed E-state index contributed by atoms with van der Waals surface area (Å²) in [5, 5.41) is 1.31. The van der Waals surface area contributed by atoms with Gasteiger partial charge in [0.1, 0.15) is 0 Å². The molecule has 1 saturated carbocycles. The molecule has 1 aliphatic carbocycles. The molecule has 3 rings (SSSR count). The maximum absolute atomic E-state index is 12.6. The van der Waals surface area contributed by atoms with Crippen LogP contribution in [-0.2, 0) is 16.6 Å². The molecule has 1 heterocycles. The lowest BCUT2D eigenvalue weighted by atomic mass is 10.2. The number of hydrogen-bond donors (Lipinski definition) is 0. The quantitative estimate of drug-likeness (QED) is 0.823. The first kappa shape index (κ1) is 14.9. The van der Waals surface area contributed by atoms with Crippen LogP contribution in [0.5, 0.6) is 0 Å². The molecule has 1 aromatic heterocycles. The van der Waals surface area contributed by atoms with Gasteiger partial charge in [0.05, 0.1) is 0 Å². The standard InChI is InChI=1S/C17H18N2O2S/c20-22(21,13-10-15-4-2-1-3-5-15)19(17-6-7-17)14-16-8-11-18-12-9-16/h1-5,8-13,17H,6-7,14H2/b13-10-. The Morgan fingerprint density at radius 2 is 1.77 bits per heavy atom. The third-order valence-corrected chi connectivity index (χ3v) is 5.16. The first-order valence-corrected chi connectivity index (χ1v) is 8.79. The van der Waals surface area contributed by atoms with Gasteiger partial charge < -0.3 is 0 Å². The van der Waals surface area contributed by atoms with Crippen molar-refractivity contribution in [1.82, 2.24) is 9.29 Å². The van der Waals surface area contributed by atoms with E-state index in [1.807, 2.05) is 42.5 Å². The molecule has 114 valence electrons. The molecule has 1 aromatic carbocycles. The van der Waals surface area contributed by atoms with Crippen LogP contribution in [0.1, 0.15) is 24.0 Å². The molecule has 0 unspecified atom stereocenters. The summed E-state index contributed by atoms with van der Waals surface area (Å²) in [6.07, 6.45) is 6.89. The van der Waals surface area contributed by atoms with E-state index in [-0.39, 0.29) is 6.04 Å². The van der Waals surface area contributed by atoms with Crippen molar-refractivity contribution < 1.29 is 8.42 Å². The lowest BCUT2D eigenvalue weighted by Crippen LogP contribution is -2.31. The van der Waals surface area contributed by atoms with Gasteiger partial charge in [-0.2, -0.15) is 4.31 Å². The van der Waals surface area contributed by atoms with Crippen molar-refractivity contribution >= 4 is 16.1 Å². The number of pyridine rings is 1. The molecular weight excluding hydrogens is 296 g/mol. The SMILES string of the molecule is O=S(=O)(/C=C\c1ccccc1)N(Cc1ccncc1)C1CC1. The smallest absolute Gasteiger partial charge is 0.236 e. The summed E-state index contributed by atoms with van der Waals surface area (Å²) in [6, 6.07) is 13.3. The molecule has 0 N–H and O–H groups in total. The summed E-state index contributed by atoms with van der Waals surface area (Å²) in [7, 11) is -3.42. The van der Waals surface area contributed by atoms with Crippen molar-refractivity contribution in [3.8, 4) is 0 Å². The van der Waals surface area contributed by atoms with Gasteiger partial charge in [0.25, 0.3) is 0 Å². The number of rotatable bonds is 6. The van der Waals surface area contributed by atoms with Gasteiger partial charge in [-0.05, 0) is 42.2 Å². The summed E-state index contributed by atoms with van der Waals surface area (Å²) in [5.74, 6) is 0. The third kappa shape index (κ3) is 3.81. The normalized spacial score (nSPS) is 15.5.